The van der Waals surface area contributed by atoms with Gasteiger partial charge in [0.1, 0.15) is 0 Å². The van der Waals surface area contributed by atoms with Gasteiger partial charge >= 0.3 is 0 Å². The first-order valence-corrected chi connectivity index (χ1v) is 6.59. The Labute approximate surface area is 99.3 Å². The Morgan fingerprint density at radius 3 is 2.25 bits per heavy atom. The summed E-state index contributed by atoms with van der Waals surface area (Å²) >= 11 is 0. The second-order valence-corrected chi connectivity index (χ2v) is 5.04. The highest BCUT2D eigenvalue weighted by Crippen LogP contribution is 2.37. The second kappa shape index (κ2) is 5.01. The lowest BCUT2D eigenvalue weighted by Crippen LogP contribution is -2.43. The molecule has 1 heteroatoms. The number of nitrogens with one attached hydrogen (secondary N) is 1. The second-order valence-electron chi connectivity index (χ2n) is 5.04. The Balaban J connectivity index is 2.26. The predicted molar refractivity (Wildman–Crippen MR) is 69.6 cm³/mol. The first-order chi connectivity index (χ1) is 7.77. The number of rotatable bonds is 3. The van der Waals surface area contributed by atoms with Gasteiger partial charge in [-0.25, -0.2) is 0 Å². The third kappa shape index (κ3) is 2.30. The standard InChI is InChI=1S/C15H23N/c1-3-16-15(11-5-4-6-12-15)14-9-7-13(2)8-10-14/h7-10,16H,3-6,11-12H2,1-2H3. The molecule has 1 aromatic carbocycles. The van der Waals surface area contributed by atoms with E-state index < -0.39 is 0 Å². The molecular formula is C15H23N. The van der Waals surface area contributed by atoms with E-state index in [1.54, 1.807) is 0 Å². The van der Waals surface area contributed by atoms with Gasteiger partial charge in [-0.15, -0.1) is 0 Å². The molecule has 1 aliphatic rings. The summed E-state index contributed by atoms with van der Waals surface area (Å²) in [4.78, 5) is 0. The summed E-state index contributed by atoms with van der Waals surface area (Å²) in [6.45, 7) is 5.43. The first kappa shape index (κ1) is 11.7. The Hall–Kier alpha value is -0.820. The van der Waals surface area contributed by atoms with Crippen LogP contribution < -0.4 is 5.32 Å². The molecule has 1 aromatic rings. The van der Waals surface area contributed by atoms with E-state index in [4.69, 9.17) is 0 Å². The van der Waals surface area contributed by atoms with Gasteiger partial charge in [-0.1, -0.05) is 56.0 Å². The fraction of sp³-hybridized carbons (Fsp3) is 0.600. The van der Waals surface area contributed by atoms with Crippen molar-refractivity contribution in [2.75, 3.05) is 6.54 Å². The average molecular weight is 217 g/mol. The highest BCUT2D eigenvalue weighted by atomic mass is 15.0. The van der Waals surface area contributed by atoms with E-state index in [1.165, 1.54) is 43.2 Å². The Morgan fingerprint density at radius 2 is 1.69 bits per heavy atom. The van der Waals surface area contributed by atoms with Crippen LogP contribution in [0.5, 0.6) is 0 Å². The molecule has 0 amide bonds. The number of benzene rings is 1. The molecule has 0 heterocycles. The first-order valence-electron chi connectivity index (χ1n) is 6.59. The van der Waals surface area contributed by atoms with Crippen LogP contribution in [0.1, 0.15) is 50.2 Å². The highest BCUT2D eigenvalue weighted by molar-refractivity contribution is 5.28. The van der Waals surface area contributed by atoms with Crippen LogP contribution in [0, 0.1) is 6.92 Å². The molecule has 16 heavy (non-hydrogen) atoms. The van der Waals surface area contributed by atoms with Crippen molar-refractivity contribution in [1.82, 2.24) is 5.32 Å². The van der Waals surface area contributed by atoms with Crippen molar-refractivity contribution in [1.29, 1.82) is 0 Å². The largest absolute Gasteiger partial charge is 0.308 e. The van der Waals surface area contributed by atoms with Crippen molar-refractivity contribution in [3.63, 3.8) is 0 Å². The minimum atomic E-state index is 0.265. The van der Waals surface area contributed by atoms with Crippen molar-refractivity contribution < 1.29 is 0 Å². The van der Waals surface area contributed by atoms with E-state index in [1.807, 2.05) is 0 Å². The molecule has 2 rings (SSSR count). The van der Waals surface area contributed by atoms with E-state index in [-0.39, 0.29) is 5.54 Å². The van der Waals surface area contributed by atoms with Gasteiger partial charge in [0.15, 0.2) is 0 Å². The molecule has 1 aliphatic carbocycles. The molecule has 1 fully saturated rings. The van der Waals surface area contributed by atoms with Gasteiger partial charge in [0, 0.05) is 5.54 Å². The van der Waals surface area contributed by atoms with Crippen LogP contribution in [0.15, 0.2) is 24.3 Å². The summed E-state index contributed by atoms with van der Waals surface area (Å²) in [7, 11) is 0. The fourth-order valence-electron chi connectivity index (χ4n) is 2.93. The zero-order chi connectivity index (χ0) is 11.4. The topological polar surface area (TPSA) is 12.0 Å². The molecule has 0 unspecified atom stereocenters. The molecule has 1 N–H and O–H groups in total. The summed E-state index contributed by atoms with van der Waals surface area (Å²) in [5.74, 6) is 0. The molecule has 0 spiro atoms. The molecule has 0 saturated heterocycles. The summed E-state index contributed by atoms with van der Waals surface area (Å²) in [5, 5.41) is 3.73. The molecular weight excluding hydrogens is 194 g/mol. The Morgan fingerprint density at radius 1 is 1.06 bits per heavy atom. The maximum atomic E-state index is 3.73. The average Bonchev–Trinajstić information content (AvgIpc) is 2.31. The number of aryl methyl sites for hydroxylation is 1. The van der Waals surface area contributed by atoms with Gasteiger partial charge in [-0.05, 0) is 31.9 Å². The normalized spacial score (nSPS) is 19.6. The molecule has 0 aliphatic heterocycles. The maximum absolute atomic E-state index is 3.73. The van der Waals surface area contributed by atoms with Crippen LogP contribution in [0.3, 0.4) is 0 Å². The van der Waals surface area contributed by atoms with Crippen LogP contribution in [0.2, 0.25) is 0 Å². The van der Waals surface area contributed by atoms with Gasteiger partial charge in [0.2, 0.25) is 0 Å². The van der Waals surface area contributed by atoms with Gasteiger partial charge in [-0.3, -0.25) is 0 Å². The minimum Gasteiger partial charge on any atom is -0.308 e. The molecule has 0 atom stereocenters. The van der Waals surface area contributed by atoms with Crippen LogP contribution in [0.25, 0.3) is 0 Å². The zero-order valence-electron chi connectivity index (χ0n) is 10.6. The van der Waals surface area contributed by atoms with Gasteiger partial charge in [-0.2, -0.15) is 0 Å². The van der Waals surface area contributed by atoms with Crippen molar-refractivity contribution in [3.05, 3.63) is 35.4 Å². The van der Waals surface area contributed by atoms with Crippen LogP contribution in [0.4, 0.5) is 0 Å². The number of hydrogen-bond acceptors (Lipinski definition) is 1. The molecule has 0 radical (unpaired) electrons. The van der Waals surface area contributed by atoms with Crippen LogP contribution in [-0.4, -0.2) is 6.54 Å². The number of hydrogen-bond donors (Lipinski definition) is 1. The van der Waals surface area contributed by atoms with Crippen molar-refractivity contribution in [2.24, 2.45) is 0 Å². The summed E-state index contributed by atoms with van der Waals surface area (Å²) in [5.41, 5.74) is 3.10. The van der Waals surface area contributed by atoms with Gasteiger partial charge in [0.25, 0.3) is 0 Å². The molecule has 1 nitrogen and oxygen atoms in total. The lowest BCUT2D eigenvalue weighted by molar-refractivity contribution is 0.238. The van der Waals surface area contributed by atoms with E-state index in [2.05, 4.69) is 43.4 Å². The van der Waals surface area contributed by atoms with Crippen molar-refractivity contribution in [2.45, 2.75) is 51.5 Å². The highest BCUT2D eigenvalue weighted by Gasteiger charge is 2.32. The van der Waals surface area contributed by atoms with Gasteiger partial charge in [0.05, 0.1) is 0 Å². The smallest absolute Gasteiger partial charge is 0.0434 e. The van der Waals surface area contributed by atoms with Gasteiger partial charge < -0.3 is 5.32 Å². The Bertz CT molecular complexity index is 314. The van der Waals surface area contributed by atoms with Crippen molar-refractivity contribution >= 4 is 0 Å². The quantitative estimate of drug-likeness (QED) is 0.812. The van der Waals surface area contributed by atoms with Crippen LogP contribution in [-0.2, 0) is 5.54 Å². The van der Waals surface area contributed by atoms with E-state index in [0.717, 1.165) is 6.54 Å². The molecule has 88 valence electrons. The lowest BCUT2D eigenvalue weighted by Gasteiger charge is -2.39. The van der Waals surface area contributed by atoms with Crippen molar-refractivity contribution in [3.8, 4) is 0 Å². The summed E-state index contributed by atoms with van der Waals surface area (Å²) < 4.78 is 0. The molecule has 0 bridgehead atoms. The SMILES string of the molecule is CCNC1(c2ccc(C)cc2)CCCCC1. The van der Waals surface area contributed by atoms with E-state index >= 15 is 0 Å². The Kier molecular flexibility index (Phi) is 3.65. The predicted octanol–water partition coefficient (Wildman–Crippen LogP) is 3.76. The van der Waals surface area contributed by atoms with E-state index in [9.17, 15) is 0 Å². The summed E-state index contributed by atoms with van der Waals surface area (Å²) in [6.07, 6.45) is 6.72. The monoisotopic (exact) mass is 217 g/mol. The fourth-order valence-corrected chi connectivity index (χ4v) is 2.93. The molecule has 0 aromatic heterocycles. The maximum Gasteiger partial charge on any atom is 0.0434 e. The van der Waals surface area contributed by atoms with E-state index in [0.29, 0.717) is 0 Å². The molecule has 1 saturated carbocycles. The lowest BCUT2D eigenvalue weighted by atomic mass is 9.76. The minimum absolute atomic E-state index is 0.265. The zero-order valence-corrected chi connectivity index (χ0v) is 10.6. The third-order valence-electron chi connectivity index (χ3n) is 3.83. The summed E-state index contributed by atoms with van der Waals surface area (Å²) in [6, 6.07) is 9.10. The van der Waals surface area contributed by atoms with Crippen LogP contribution >= 0.6 is 0 Å². The third-order valence-corrected chi connectivity index (χ3v) is 3.83.